The summed E-state index contributed by atoms with van der Waals surface area (Å²) in [6.07, 6.45) is 2.93. The minimum absolute atomic E-state index is 0.458. The lowest BCUT2D eigenvalue weighted by atomic mass is 9.95. The molecule has 2 N–H and O–H groups in total. The van der Waals surface area contributed by atoms with E-state index in [4.69, 9.17) is 15.1 Å². The van der Waals surface area contributed by atoms with Crippen LogP contribution in [-0.2, 0) is 6.42 Å². The number of furan rings is 1. The number of hydrogen-bond donors (Lipinski definition) is 1. The molecule has 7 aromatic carbocycles. The summed E-state index contributed by atoms with van der Waals surface area (Å²) in [7, 11) is 0. The maximum absolute atomic E-state index is 6.92. The van der Waals surface area contributed by atoms with Gasteiger partial charge in [0.1, 0.15) is 17.0 Å². The zero-order valence-corrected chi connectivity index (χ0v) is 23.5. The van der Waals surface area contributed by atoms with Crippen molar-refractivity contribution < 1.29 is 4.42 Å². The van der Waals surface area contributed by atoms with Crippen molar-refractivity contribution in [3.8, 4) is 0 Å². The second kappa shape index (κ2) is 10.3. The molecule has 0 spiro atoms. The van der Waals surface area contributed by atoms with Gasteiger partial charge in [0.05, 0.1) is 5.70 Å². The molecule has 43 heavy (non-hydrogen) atoms. The second-order valence-electron chi connectivity index (χ2n) is 10.9. The van der Waals surface area contributed by atoms with Crippen LogP contribution in [0.4, 0.5) is 0 Å². The Hall–Kier alpha value is -5.67. The fourth-order valence-electron chi connectivity index (χ4n) is 6.24. The molecule has 8 rings (SSSR count). The van der Waals surface area contributed by atoms with Crippen LogP contribution in [-0.4, -0.2) is 5.84 Å². The van der Waals surface area contributed by atoms with Gasteiger partial charge in [-0.3, -0.25) is 0 Å². The van der Waals surface area contributed by atoms with Crippen molar-refractivity contribution in [1.29, 1.82) is 0 Å². The van der Waals surface area contributed by atoms with E-state index in [9.17, 15) is 0 Å². The summed E-state index contributed by atoms with van der Waals surface area (Å²) in [6.45, 7) is 0. The number of fused-ring (bicyclic) bond motifs is 7. The highest BCUT2D eigenvalue weighted by Crippen LogP contribution is 2.35. The Morgan fingerprint density at radius 3 is 2.09 bits per heavy atom. The van der Waals surface area contributed by atoms with E-state index in [-0.39, 0.29) is 0 Å². The minimum atomic E-state index is 0.458. The predicted molar refractivity (Wildman–Crippen MR) is 182 cm³/mol. The van der Waals surface area contributed by atoms with Crippen LogP contribution in [0.3, 0.4) is 0 Å². The zero-order valence-electron chi connectivity index (χ0n) is 23.5. The SMILES string of the molecule is NC(=N/C(=C\Cc1ccc2ccccc2c1)c1cc2ccccc2c2ccccc12)c1cccc2oc3ccccc3c12. The molecule has 204 valence electrons. The molecule has 0 aliphatic carbocycles. The summed E-state index contributed by atoms with van der Waals surface area (Å²) in [4.78, 5) is 5.20. The Labute approximate surface area is 249 Å². The first-order chi connectivity index (χ1) is 21.2. The van der Waals surface area contributed by atoms with Gasteiger partial charge in [0.25, 0.3) is 0 Å². The first kappa shape index (κ1) is 25.1. The monoisotopic (exact) mass is 552 g/mol. The van der Waals surface area contributed by atoms with Crippen LogP contribution in [0, 0.1) is 0 Å². The summed E-state index contributed by atoms with van der Waals surface area (Å²) >= 11 is 0. The average molecular weight is 553 g/mol. The van der Waals surface area contributed by atoms with E-state index in [0.717, 1.165) is 50.6 Å². The van der Waals surface area contributed by atoms with E-state index in [2.05, 4.69) is 109 Å². The number of allylic oxidation sites excluding steroid dienone is 1. The van der Waals surface area contributed by atoms with E-state index in [1.165, 1.54) is 32.5 Å². The third kappa shape index (κ3) is 4.43. The summed E-state index contributed by atoms with van der Waals surface area (Å²) in [5.74, 6) is 0.458. The molecule has 3 nitrogen and oxygen atoms in total. The smallest absolute Gasteiger partial charge is 0.136 e. The van der Waals surface area contributed by atoms with Gasteiger partial charge in [-0.05, 0) is 62.5 Å². The van der Waals surface area contributed by atoms with E-state index in [1.807, 2.05) is 36.4 Å². The van der Waals surface area contributed by atoms with Crippen molar-refractivity contribution in [2.24, 2.45) is 10.7 Å². The molecule has 0 fully saturated rings. The lowest BCUT2D eigenvalue weighted by Gasteiger charge is -2.13. The highest BCUT2D eigenvalue weighted by molar-refractivity contribution is 6.19. The Kier molecular flexibility index (Phi) is 6.01. The molecule has 0 atom stereocenters. The number of hydrogen-bond acceptors (Lipinski definition) is 2. The maximum atomic E-state index is 6.92. The molecule has 1 aromatic heterocycles. The quantitative estimate of drug-likeness (QED) is 0.131. The van der Waals surface area contributed by atoms with Crippen LogP contribution < -0.4 is 5.73 Å². The molecule has 0 unspecified atom stereocenters. The molecule has 3 heteroatoms. The molecular formula is C40H28N2O. The summed E-state index contributed by atoms with van der Waals surface area (Å²) in [5, 5.41) is 9.22. The molecule has 0 bridgehead atoms. The van der Waals surface area contributed by atoms with Crippen molar-refractivity contribution >= 4 is 65.8 Å². The van der Waals surface area contributed by atoms with E-state index in [1.54, 1.807) is 0 Å². The normalized spacial score (nSPS) is 12.7. The zero-order chi connectivity index (χ0) is 28.8. The van der Waals surface area contributed by atoms with Crippen LogP contribution in [0.2, 0.25) is 0 Å². The summed E-state index contributed by atoms with van der Waals surface area (Å²) in [5.41, 5.74) is 12.5. The molecule has 0 saturated heterocycles. The van der Waals surface area contributed by atoms with E-state index in [0.29, 0.717) is 5.84 Å². The topological polar surface area (TPSA) is 51.5 Å². The molecular weight excluding hydrogens is 524 g/mol. The van der Waals surface area contributed by atoms with Crippen LogP contribution in [0.5, 0.6) is 0 Å². The molecule has 0 amide bonds. The van der Waals surface area contributed by atoms with Gasteiger partial charge >= 0.3 is 0 Å². The van der Waals surface area contributed by atoms with Gasteiger partial charge in [0.2, 0.25) is 0 Å². The van der Waals surface area contributed by atoms with Crippen LogP contribution in [0.25, 0.3) is 60.0 Å². The molecule has 0 radical (unpaired) electrons. The third-order valence-electron chi connectivity index (χ3n) is 8.31. The predicted octanol–water partition coefficient (Wildman–Crippen LogP) is 10.0. The number of rotatable bonds is 5. The van der Waals surface area contributed by atoms with Crippen molar-refractivity contribution in [3.05, 3.63) is 162 Å². The number of amidine groups is 1. The van der Waals surface area contributed by atoms with Crippen LogP contribution >= 0.6 is 0 Å². The third-order valence-corrected chi connectivity index (χ3v) is 8.31. The molecule has 0 aliphatic rings. The van der Waals surface area contributed by atoms with Gasteiger partial charge in [0.15, 0.2) is 0 Å². The molecule has 1 heterocycles. The lowest BCUT2D eigenvalue weighted by molar-refractivity contribution is 0.669. The Morgan fingerprint density at radius 1 is 0.558 bits per heavy atom. The van der Waals surface area contributed by atoms with Crippen molar-refractivity contribution in [1.82, 2.24) is 0 Å². The number of para-hydroxylation sites is 1. The number of benzene rings is 7. The van der Waals surface area contributed by atoms with Crippen molar-refractivity contribution in [2.45, 2.75) is 6.42 Å². The van der Waals surface area contributed by atoms with E-state index >= 15 is 0 Å². The first-order valence-electron chi connectivity index (χ1n) is 14.6. The highest BCUT2D eigenvalue weighted by atomic mass is 16.3. The minimum Gasteiger partial charge on any atom is -0.456 e. The number of nitrogens with zero attached hydrogens (tertiary/aromatic N) is 1. The van der Waals surface area contributed by atoms with Gasteiger partial charge in [-0.15, -0.1) is 0 Å². The van der Waals surface area contributed by atoms with Crippen LogP contribution in [0.15, 0.2) is 155 Å². The van der Waals surface area contributed by atoms with Gasteiger partial charge in [-0.2, -0.15) is 0 Å². The number of aliphatic imine (C=N–C) groups is 1. The summed E-state index contributed by atoms with van der Waals surface area (Å²) in [6, 6.07) is 48.5. The second-order valence-corrected chi connectivity index (χ2v) is 10.9. The van der Waals surface area contributed by atoms with Crippen molar-refractivity contribution in [3.63, 3.8) is 0 Å². The van der Waals surface area contributed by atoms with Crippen LogP contribution in [0.1, 0.15) is 16.7 Å². The first-order valence-corrected chi connectivity index (χ1v) is 14.6. The van der Waals surface area contributed by atoms with Crippen molar-refractivity contribution in [2.75, 3.05) is 0 Å². The van der Waals surface area contributed by atoms with Gasteiger partial charge in [0, 0.05) is 21.9 Å². The lowest BCUT2D eigenvalue weighted by Crippen LogP contribution is -2.14. The average Bonchev–Trinajstić information content (AvgIpc) is 3.45. The summed E-state index contributed by atoms with van der Waals surface area (Å²) < 4.78 is 6.15. The Morgan fingerprint density at radius 2 is 1.23 bits per heavy atom. The molecule has 0 aliphatic heterocycles. The highest BCUT2D eigenvalue weighted by Gasteiger charge is 2.15. The Balaban J connectivity index is 1.34. The van der Waals surface area contributed by atoms with Gasteiger partial charge in [-0.25, -0.2) is 4.99 Å². The molecule has 8 aromatic rings. The fourth-order valence-corrected chi connectivity index (χ4v) is 6.24. The molecule has 0 saturated carbocycles. The van der Waals surface area contributed by atoms with Gasteiger partial charge in [-0.1, -0.05) is 127 Å². The Bertz CT molecular complexity index is 2390. The maximum Gasteiger partial charge on any atom is 0.136 e. The standard InChI is InChI=1S/C40H28N2O/c41-40(34-17-9-19-38-39(34)33-16-7-8-18-37(33)43-38)42-36(23-21-26-20-22-27-10-1-2-11-28(27)24-26)35-25-29-12-3-4-13-30(29)31-14-5-6-15-32(31)35/h1-20,22-25H,21H2,(H2,41,42)/b36-23-. The fraction of sp³-hybridized carbons (Fsp3) is 0.0250. The van der Waals surface area contributed by atoms with Gasteiger partial charge < -0.3 is 10.2 Å². The van der Waals surface area contributed by atoms with E-state index < -0.39 is 0 Å². The number of nitrogens with two attached hydrogens (primary N) is 1. The largest absolute Gasteiger partial charge is 0.456 e.